The Labute approximate surface area is 197 Å². The van der Waals surface area contributed by atoms with Crippen LogP contribution in [0.25, 0.3) is 0 Å². The number of unbranched alkanes of at least 4 members (excludes halogenated alkanes) is 1. The van der Waals surface area contributed by atoms with E-state index in [2.05, 4.69) is 10.3 Å². The Morgan fingerprint density at radius 1 is 1.24 bits per heavy atom. The van der Waals surface area contributed by atoms with Crippen molar-refractivity contribution in [1.82, 2.24) is 14.6 Å². The first-order chi connectivity index (χ1) is 15.5. The van der Waals surface area contributed by atoms with Crippen LogP contribution in [-0.2, 0) is 21.2 Å². The van der Waals surface area contributed by atoms with Gasteiger partial charge in [0.1, 0.15) is 11.4 Å². The number of benzene rings is 1. The van der Waals surface area contributed by atoms with Gasteiger partial charge in [0.15, 0.2) is 0 Å². The molecule has 1 atom stereocenters. The van der Waals surface area contributed by atoms with Crippen molar-refractivity contribution in [2.75, 3.05) is 19.3 Å². The Bertz CT molecular complexity index is 1050. The van der Waals surface area contributed by atoms with Crippen molar-refractivity contribution in [1.29, 1.82) is 0 Å². The van der Waals surface area contributed by atoms with Gasteiger partial charge in [0.05, 0.1) is 12.3 Å². The SMILES string of the molecule is Cc1ccc2c(c1)C(N(CCCCC(=O)NCCc1ccccn1)S(C)(=O)=O)CC(C)(C)O2. The van der Waals surface area contributed by atoms with Gasteiger partial charge >= 0.3 is 0 Å². The number of fused-ring (bicyclic) bond motifs is 1. The molecule has 1 unspecified atom stereocenters. The van der Waals surface area contributed by atoms with Gasteiger partial charge in [-0.1, -0.05) is 23.8 Å². The molecule has 180 valence electrons. The third-order valence-electron chi connectivity index (χ3n) is 5.83. The topological polar surface area (TPSA) is 88.6 Å². The molecule has 1 aromatic carbocycles. The molecule has 2 heterocycles. The summed E-state index contributed by atoms with van der Waals surface area (Å²) in [6.07, 6.45) is 5.86. The van der Waals surface area contributed by atoms with Crippen LogP contribution in [0.2, 0.25) is 0 Å². The molecule has 33 heavy (non-hydrogen) atoms. The first-order valence-electron chi connectivity index (χ1n) is 11.5. The largest absolute Gasteiger partial charge is 0.487 e. The summed E-state index contributed by atoms with van der Waals surface area (Å²) in [5.74, 6) is 0.716. The van der Waals surface area contributed by atoms with Gasteiger partial charge in [-0.3, -0.25) is 9.78 Å². The van der Waals surface area contributed by atoms with E-state index in [0.29, 0.717) is 45.2 Å². The van der Waals surface area contributed by atoms with Crippen molar-refractivity contribution in [3.8, 4) is 5.75 Å². The van der Waals surface area contributed by atoms with Crippen LogP contribution < -0.4 is 10.1 Å². The average Bonchev–Trinajstić information content (AvgIpc) is 2.73. The molecule has 0 radical (unpaired) electrons. The van der Waals surface area contributed by atoms with Crippen LogP contribution >= 0.6 is 0 Å². The maximum atomic E-state index is 12.7. The second kappa shape index (κ2) is 10.7. The third kappa shape index (κ3) is 7.27. The summed E-state index contributed by atoms with van der Waals surface area (Å²) >= 11 is 0. The maximum Gasteiger partial charge on any atom is 0.220 e. The van der Waals surface area contributed by atoms with Crippen molar-refractivity contribution in [3.05, 3.63) is 59.4 Å². The van der Waals surface area contributed by atoms with Crippen molar-refractivity contribution in [3.63, 3.8) is 0 Å². The summed E-state index contributed by atoms with van der Waals surface area (Å²) in [5.41, 5.74) is 2.45. The molecule has 8 heteroatoms. The summed E-state index contributed by atoms with van der Waals surface area (Å²) in [4.78, 5) is 16.4. The molecule has 0 aliphatic carbocycles. The Kier molecular flexibility index (Phi) is 8.13. The number of pyridine rings is 1. The molecule has 7 nitrogen and oxygen atoms in total. The summed E-state index contributed by atoms with van der Waals surface area (Å²) in [6, 6.07) is 11.4. The number of carbonyl (C=O) groups excluding carboxylic acids is 1. The molecule has 1 aliphatic heterocycles. The van der Waals surface area contributed by atoms with E-state index in [1.807, 2.05) is 57.2 Å². The summed E-state index contributed by atoms with van der Waals surface area (Å²) in [6.45, 7) is 6.87. The average molecular weight is 474 g/mol. The molecule has 1 N–H and O–H groups in total. The van der Waals surface area contributed by atoms with Gasteiger partial charge in [-0.05, 0) is 51.8 Å². The van der Waals surface area contributed by atoms with E-state index in [9.17, 15) is 13.2 Å². The van der Waals surface area contributed by atoms with E-state index >= 15 is 0 Å². The highest BCUT2D eigenvalue weighted by atomic mass is 32.2. The van der Waals surface area contributed by atoms with E-state index in [1.165, 1.54) is 6.26 Å². The van der Waals surface area contributed by atoms with Gasteiger partial charge in [-0.2, -0.15) is 4.31 Å². The molecule has 0 saturated heterocycles. The van der Waals surface area contributed by atoms with Gasteiger partial charge in [0.25, 0.3) is 0 Å². The third-order valence-corrected chi connectivity index (χ3v) is 7.12. The number of nitrogens with one attached hydrogen (secondary N) is 1. The van der Waals surface area contributed by atoms with Gasteiger partial charge in [-0.25, -0.2) is 8.42 Å². The first-order valence-corrected chi connectivity index (χ1v) is 13.3. The molecular formula is C25H35N3O4S. The van der Waals surface area contributed by atoms with Crippen molar-refractivity contribution < 1.29 is 17.9 Å². The van der Waals surface area contributed by atoms with Gasteiger partial charge in [-0.15, -0.1) is 0 Å². The van der Waals surface area contributed by atoms with Gasteiger partial charge < -0.3 is 10.1 Å². The van der Waals surface area contributed by atoms with Crippen LogP contribution in [0.1, 0.15) is 62.4 Å². The standard InChI is InChI=1S/C25H35N3O4S/c1-19-11-12-23-21(17-19)22(18-25(2,3)32-23)28(33(4,30)31)16-8-6-10-24(29)27-15-13-20-9-5-7-14-26-20/h5,7,9,11-12,14,17,22H,6,8,10,13,15-16,18H2,1-4H3,(H,27,29). The smallest absolute Gasteiger partial charge is 0.220 e. The number of amides is 1. The second-order valence-electron chi connectivity index (χ2n) is 9.37. The zero-order valence-corrected chi connectivity index (χ0v) is 20.8. The molecule has 1 aromatic heterocycles. The van der Waals surface area contributed by atoms with Crippen LogP contribution in [0, 0.1) is 6.92 Å². The van der Waals surface area contributed by atoms with E-state index in [-0.39, 0.29) is 11.9 Å². The van der Waals surface area contributed by atoms with E-state index in [0.717, 1.165) is 22.6 Å². The molecule has 2 aromatic rings. The molecule has 3 rings (SSSR count). The maximum absolute atomic E-state index is 12.7. The fourth-order valence-corrected chi connectivity index (χ4v) is 5.37. The molecule has 1 aliphatic rings. The fourth-order valence-electron chi connectivity index (χ4n) is 4.26. The minimum atomic E-state index is -3.45. The lowest BCUT2D eigenvalue weighted by Crippen LogP contribution is -2.43. The zero-order valence-electron chi connectivity index (χ0n) is 20.0. The van der Waals surface area contributed by atoms with Crippen LogP contribution in [-0.4, -0.2) is 48.6 Å². The number of hydrogen-bond acceptors (Lipinski definition) is 5. The number of aryl methyl sites for hydroxylation is 1. The number of hydrogen-bond donors (Lipinski definition) is 1. The number of sulfonamides is 1. The number of rotatable bonds is 10. The van der Waals surface area contributed by atoms with Crippen LogP contribution in [0.3, 0.4) is 0 Å². The Morgan fingerprint density at radius 3 is 2.73 bits per heavy atom. The highest BCUT2D eigenvalue weighted by Gasteiger charge is 2.39. The van der Waals surface area contributed by atoms with Gasteiger partial charge in [0, 0.05) is 49.8 Å². The second-order valence-corrected chi connectivity index (χ2v) is 11.3. The molecule has 0 bridgehead atoms. The first kappa shape index (κ1) is 25.2. The Balaban J connectivity index is 1.56. The molecule has 0 spiro atoms. The minimum Gasteiger partial charge on any atom is -0.487 e. The minimum absolute atomic E-state index is 0.0231. The lowest BCUT2D eigenvalue weighted by molar-refractivity contribution is -0.121. The number of nitrogens with zero attached hydrogens (tertiary/aromatic N) is 2. The number of ether oxygens (including phenoxy) is 1. The number of carbonyl (C=O) groups is 1. The van der Waals surface area contributed by atoms with E-state index in [4.69, 9.17) is 4.74 Å². The van der Waals surface area contributed by atoms with Crippen LogP contribution in [0.4, 0.5) is 0 Å². The predicted octanol–water partition coefficient (Wildman–Crippen LogP) is 3.78. The zero-order chi connectivity index (χ0) is 24.1. The Morgan fingerprint density at radius 2 is 2.03 bits per heavy atom. The summed E-state index contributed by atoms with van der Waals surface area (Å²) < 4.78 is 33.2. The van der Waals surface area contributed by atoms with E-state index < -0.39 is 15.6 Å². The monoisotopic (exact) mass is 473 g/mol. The fraction of sp³-hybridized carbons (Fsp3) is 0.520. The van der Waals surface area contributed by atoms with Crippen LogP contribution in [0.15, 0.2) is 42.6 Å². The molecule has 0 fully saturated rings. The molecule has 1 amide bonds. The lowest BCUT2D eigenvalue weighted by Gasteiger charge is -2.41. The molecule has 0 saturated carbocycles. The predicted molar refractivity (Wildman–Crippen MR) is 130 cm³/mol. The Hall–Kier alpha value is -2.45. The number of aromatic nitrogens is 1. The van der Waals surface area contributed by atoms with Gasteiger partial charge in [0.2, 0.25) is 15.9 Å². The highest BCUT2D eigenvalue weighted by molar-refractivity contribution is 7.88. The van der Waals surface area contributed by atoms with Crippen molar-refractivity contribution in [2.24, 2.45) is 0 Å². The van der Waals surface area contributed by atoms with Crippen molar-refractivity contribution >= 4 is 15.9 Å². The summed E-state index contributed by atoms with van der Waals surface area (Å²) in [5, 5.41) is 2.92. The normalized spacial score (nSPS) is 17.3. The summed E-state index contributed by atoms with van der Waals surface area (Å²) in [7, 11) is -3.45. The van der Waals surface area contributed by atoms with E-state index in [1.54, 1.807) is 10.5 Å². The molecular weight excluding hydrogens is 438 g/mol. The highest BCUT2D eigenvalue weighted by Crippen LogP contribution is 2.43. The van der Waals surface area contributed by atoms with Crippen LogP contribution in [0.5, 0.6) is 5.75 Å². The van der Waals surface area contributed by atoms with Crippen molar-refractivity contribution in [2.45, 2.75) is 64.5 Å². The lowest BCUT2D eigenvalue weighted by atomic mass is 9.89. The quantitative estimate of drug-likeness (QED) is 0.531.